The minimum atomic E-state index is 0. The highest BCUT2D eigenvalue weighted by atomic mass is 79.9. The average molecular weight is 643 g/mol. The van der Waals surface area contributed by atoms with Crippen LogP contribution in [-0.4, -0.2) is 63.3 Å². The molecule has 0 aliphatic rings. The lowest BCUT2D eigenvalue weighted by molar-refractivity contribution is -0.890. The van der Waals surface area contributed by atoms with Gasteiger partial charge in [-0.25, -0.2) is 0 Å². The van der Waals surface area contributed by atoms with Crippen molar-refractivity contribution in [3.05, 3.63) is 0 Å². The van der Waals surface area contributed by atoms with Crippen molar-refractivity contribution in [3.8, 4) is 0 Å². The molecule has 0 aromatic carbocycles. The SMILES string of the molecule is CCCCCCCCCC[N+](C)(C)CCCCCCCC[N+](C)(C)CCCCCCCCCC.[Br-].[Br-]. The molecule has 0 aromatic heterocycles. The van der Waals surface area contributed by atoms with Crippen LogP contribution in [0, 0.1) is 0 Å². The number of rotatable bonds is 27. The molecule has 222 valence electrons. The van der Waals surface area contributed by atoms with Gasteiger partial charge in [-0.05, 0) is 51.4 Å². The zero-order valence-electron chi connectivity index (χ0n) is 26.0. The highest BCUT2D eigenvalue weighted by Crippen LogP contribution is 2.14. The summed E-state index contributed by atoms with van der Waals surface area (Å²) < 4.78 is 2.47. The summed E-state index contributed by atoms with van der Waals surface area (Å²) in [5, 5.41) is 0. The van der Waals surface area contributed by atoms with Crippen molar-refractivity contribution in [1.82, 2.24) is 0 Å². The topological polar surface area (TPSA) is 0 Å². The standard InChI is InChI=1S/C32H70N2.2BrH/c1-7-9-11-13-15-17-21-25-29-33(3,4)31-27-23-19-20-24-28-32-34(5,6)30-26-22-18-16-14-12-10-8-2;;/h7-32H2,1-6H3;2*1H/q+2;;/p-2. The molecule has 0 bridgehead atoms. The summed E-state index contributed by atoms with van der Waals surface area (Å²) in [5.74, 6) is 0. The molecule has 0 atom stereocenters. The first kappa shape index (κ1) is 41.4. The Labute approximate surface area is 251 Å². The summed E-state index contributed by atoms with van der Waals surface area (Å²) in [6, 6.07) is 0. The Morgan fingerprint density at radius 3 is 0.639 bits per heavy atom. The maximum atomic E-state index is 2.45. The van der Waals surface area contributed by atoms with Crippen LogP contribution < -0.4 is 34.0 Å². The molecular weight excluding hydrogens is 572 g/mol. The lowest BCUT2D eigenvalue weighted by atomic mass is 10.1. The fourth-order valence-electron chi connectivity index (χ4n) is 5.36. The number of halogens is 2. The maximum Gasteiger partial charge on any atom is 0.0782 e. The van der Waals surface area contributed by atoms with Crippen molar-refractivity contribution in [1.29, 1.82) is 0 Å². The van der Waals surface area contributed by atoms with Gasteiger partial charge in [0, 0.05) is 0 Å². The molecule has 0 fully saturated rings. The van der Waals surface area contributed by atoms with Crippen LogP contribution in [0.5, 0.6) is 0 Å². The summed E-state index contributed by atoms with van der Waals surface area (Å²) in [6.45, 7) is 10.1. The summed E-state index contributed by atoms with van der Waals surface area (Å²) in [5.41, 5.74) is 0. The van der Waals surface area contributed by atoms with Crippen LogP contribution in [0.4, 0.5) is 0 Å². The van der Waals surface area contributed by atoms with E-state index in [1.807, 2.05) is 0 Å². The van der Waals surface area contributed by atoms with E-state index in [9.17, 15) is 0 Å². The van der Waals surface area contributed by atoms with E-state index in [2.05, 4.69) is 42.0 Å². The lowest BCUT2D eigenvalue weighted by Gasteiger charge is -2.30. The lowest BCUT2D eigenvalue weighted by Crippen LogP contribution is -3.00. The van der Waals surface area contributed by atoms with Gasteiger partial charge in [0.15, 0.2) is 0 Å². The molecule has 36 heavy (non-hydrogen) atoms. The number of hydrogen-bond acceptors (Lipinski definition) is 0. The Morgan fingerprint density at radius 1 is 0.278 bits per heavy atom. The van der Waals surface area contributed by atoms with Gasteiger partial charge in [-0.3, -0.25) is 0 Å². The van der Waals surface area contributed by atoms with Crippen LogP contribution in [0.15, 0.2) is 0 Å². The number of unbranched alkanes of at least 4 members (excludes halogenated alkanes) is 19. The van der Waals surface area contributed by atoms with Gasteiger partial charge in [0.1, 0.15) is 0 Å². The fraction of sp³-hybridized carbons (Fsp3) is 1.00. The largest absolute Gasteiger partial charge is 1.00 e. The van der Waals surface area contributed by atoms with Crippen LogP contribution in [0.25, 0.3) is 0 Å². The molecule has 0 aromatic rings. The van der Waals surface area contributed by atoms with E-state index in [4.69, 9.17) is 0 Å². The Hall–Kier alpha value is 0.880. The van der Waals surface area contributed by atoms with Gasteiger partial charge in [0.2, 0.25) is 0 Å². The summed E-state index contributed by atoms with van der Waals surface area (Å²) in [6.07, 6.45) is 31.6. The molecule has 0 saturated carbocycles. The van der Waals surface area contributed by atoms with Crippen molar-refractivity contribution in [3.63, 3.8) is 0 Å². The third-order valence-electron chi connectivity index (χ3n) is 8.01. The van der Waals surface area contributed by atoms with E-state index >= 15 is 0 Å². The second kappa shape index (κ2) is 28.9. The van der Waals surface area contributed by atoms with E-state index in [0.29, 0.717) is 0 Å². The molecule has 2 nitrogen and oxygen atoms in total. The number of hydrogen-bond donors (Lipinski definition) is 0. The molecule has 0 aliphatic heterocycles. The summed E-state index contributed by atoms with van der Waals surface area (Å²) in [4.78, 5) is 0. The van der Waals surface area contributed by atoms with Crippen LogP contribution in [0.3, 0.4) is 0 Å². The molecule has 0 spiro atoms. The molecule has 0 amide bonds. The molecule has 0 rings (SSSR count). The minimum absolute atomic E-state index is 0. The zero-order valence-corrected chi connectivity index (χ0v) is 29.2. The van der Waals surface area contributed by atoms with E-state index in [-0.39, 0.29) is 34.0 Å². The predicted octanol–water partition coefficient (Wildman–Crippen LogP) is 3.77. The molecule has 0 heterocycles. The van der Waals surface area contributed by atoms with Gasteiger partial charge in [0.25, 0.3) is 0 Å². The van der Waals surface area contributed by atoms with Gasteiger partial charge >= 0.3 is 0 Å². The first-order valence-electron chi connectivity index (χ1n) is 16.0. The molecular formula is C32H70Br2N2. The van der Waals surface area contributed by atoms with E-state index in [0.717, 1.165) is 0 Å². The Bertz CT molecular complexity index is 375. The Kier molecular flexibility index (Phi) is 33.2. The molecule has 0 unspecified atom stereocenters. The highest BCUT2D eigenvalue weighted by Gasteiger charge is 2.15. The van der Waals surface area contributed by atoms with Crippen LogP contribution in [-0.2, 0) is 0 Å². The second-order valence-corrected chi connectivity index (χ2v) is 12.8. The van der Waals surface area contributed by atoms with Gasteiger partial charge in [-0.1, -0.05) is 104 Å². The first-order chi connectivity index (χ1) is 16.3. The quantitative estimate of drug-likeness (QED) is 0.0947. The van der Waals surface area contributed by atoms with Crippen LogP contribution in [0.2, 0.25) is 0 Å². The predicted molar refractivity (Wildman–Crippen MR) is 157 cm³/mol. The number of quaternary nitrogens is 2. The van der Waals surface area contributed by atoms with Crippen molar-refractivity contribution in [2.24, 2.45) is 0 Å². The van der Waals surface area contributed by atoms with E-state index < -0.39 is 0 Å². The summed E-state index contributed by atoms with van der Waals surface area (Å²) in [7, 11) is 9.81. The molecule has 0 N–H and O–H groups in total. The molecule has 0 saturated heterocycles. The average Bonchev–Trinajstić information content (AvgIpc) is 2.79. The van der Waals surface area contributed by atoms with Gasteiger partial charge < -0.3 is 42.9 Å². The normalized spacial score (nSPS) is 11.8. The van der Waals surface area contributed by atoms with Crippen molar-refractivity contribution >= 4 is 0 Å². The Balaban J connectivity index is -0.00000544. The number of nitrogens with zero attached hydrogens (tertiary/aromatic N) is 2. The maximum absolute atomic E-state index is 2.45. The van der Waals surface area contributed by atoms with Gasteiger partial charge in [-0.2, -0.15) is 0 Å². The Morgan fingerprint density at radius 2 is 0.444 bits per heavy atom. The fourth-order valence-corrected chi connectivity index (χ4v) is 5.36. The zero-order chi connectivity index (χ0) is 25.4. The van der Waals surface area contributed by atoms with E-state index in [1.54, 1.807) is 0 Å². The van der Waals surface area contributed by atoms with Crippen LogP contribution >= 0.6 is 0 Å². The monoisotopic (exact) mass is 640 g/mol. The third kappa shape index (κ3) is 31.1. The minimum Gasteiger partial charge on any atom is -1.00 e. The van der Waals surface area contributed by atoms with E-state index in [1.165, 1.54) is 176 Å². The van der Waals surface area contributed by atoms with Gasteiger partial charge in [0.05, 0.1) is 54.4 Å². The van der Waals surface area contributed by atoms with Crippen LogP contribution in [0.1, 0.15) is 155 Å². The molecule has 0 radical (unpaired) electrons. The van der Waals surface area contributed by atoms with Crippen molar-refractivity contribution in [2.45, 2.75) is 155 Å². The molecule has 0 aliphatic carbocycles. The van der Waals surface area contributed by atoms with Gasteiger partial charge in [-0.15, -0.1) is 0 Å². The smallest absolute Gasteiger partial charge is 0.0782 e. The van der Waals surface area contributed by atoms with Crippen molar-refractivity contribution < 1.29 is 42.9 Å². The van der Waals surface area contributed by atoms with Crippen molar-refractivity contribution in [2.75, 3.05) is 54.4 Å². The highest BCUT2D eigenvalue weighted by molar-refractivity contribution is 4.50. The third-order valence-corrected chi connectivity index (χ3v) is 8.01. The molecule has 4 heteroatoms. The second-order valence-electron chi connectivity index (χ2n) is 12.8. The first-order valence-corrected chi connectivity index (χ1v) is 16.0. The summed E-state index contributed by atoms with van der Waals surface area (Å²) >= 11 is 0.